The van der Waals surface area contributed by atoms with E-state index in [0.717, 1.165) is 29.6 Å². The van der Waals surface area contributed by atoms with Gasteiger partial charge in [-0.15, -0.1) is 0 Å². The highest BCUT2D eigenvalue weighted by molar-refractivity contribution is 7.07. The van der Waals surface area contributed by atoms with E-state index < -0.39 is 0 Å². The van der Waals surface area contributed by atoms with Crippen LogP contribution in [-0.4, -0.2) is 13.1 Å². The lowest BCUT2D eigenvalue weighted by molar-refractivity contribution is -0.0507. The van der Waals surface area contributed by atoms with Crippen molar-refractivity contribution in [3.05, 3.63) is 22.4 Å². The van der Waals surface area contributed by atoms with Gasteiger partial charge >= 0.3 is 0 Å². The molecule has 1 aromatic rings. The molecule has 0 radical (unpaired) electrons. The number of hydrogen-bond donors (Lipinski definition) is 1. The van der Waals surface area contributed by atoms with E-state index in [1.807, 2.05) is 11.3 Å². The molecule has 4 bridgehead atoms. The van der Waals surface area contributed by atoms with Crippen molar-refractivity contribution in [1.29, 1.82) is 0 Å². The molecule has 0 aromatic carbocycles. The zero-order valence-corrected chi connectivity index (χ0v) is 12.7. The molecular weight excluding hydrogens is 250 g/mol. The molecule has 4 aliphatic rings. The normalized spacial score (nSPS) is 41.6. The second-order valence-electron chi connectivity index (χ2n) is 7.24. The van der Waals surface area contributed by atoms with Crippen LogP contribution in [-0.2, 0) is 6.42 Å². The molecule has 5 rings (SSSR count). The van der Waals surface area contributed by atoms with Gasteiger partial charge in [0.15, 0.2) is 0 Å². The SMILES string of the molecule is CNC(Cc1ccsc1)C1C2CC3CC(C2)CC1C3. The first-order valence-electron chi connectivity index (χ1n) is 8.02. The van der Waals surface area contributed by atoms with Crippen LogP contribution in [0.1, 0.15) is 37.7 Å². The topological polar surface area (TPSA) is 12.0 Å². The third-order valence-electron chi connectivity index (χ3n) is 6.17. The first-order valence-corrected chi connectivity index (χ1v) is 8.96. The predicted molar refractivity (Wildman–Crippen MR) is 81.4 cm³/mol. The summed E-state index contributed by atoms with van der Waals surface area (Å²) >= 11 is 1.84. The van der Waals surface area contributed by atoms with Gasteiger partial charge in [-0.1, -0.05) is 0 Å². The van der Waals surface area contributed by atoms with E-state index in [4.69, 9.17) is 0 Å². The van der Waals surface area contributed by atoms with Gasteiger partial charge in [0.2, 0.25) is 0 Å². The molecule has 0 amide bonds. The molecule has 1 unspecified atom stereocenters. The van der Waals surface area contributed by atoms with Crippen LogP contribution in [0.15, 0.2) is 16.8 Å². The van der Waals surface area contributed by atoms with Crippen LogP contribution < -0.4 is 5.32 Å². The van der Waals surface area contributed by atoms with E-state index in [0.29, 0.717) is 6.04 Å². The summed E-state index contributed by atoms with van der Waals surface area (Å²) in [7, 11) is 2.18. The molecule has 1 atom stereocenters. The molecule has 1 N–H and O–H groups in total. The highest BCUT2D eigenvalue weighted by Gasteiger charge is 2.50. The quantitative estimate of drug-likeness (QED) is 0.877. The fourth-order valence-electron chi connectivity index (χ4n) is 5.72. The molecule has 4 fully saturated rings. The molecule has 1 nitrogen and oxygen atoms in total. The average molecular weight is 275 g/mol. The Bertz CT molecular complexity index is 396. The number of hydrogen-bond acceptors (Lipinski definition) is 2. The van der Waals surface area contributed by atoms with E-state index in [1.54, 1.807) is 32.1 Å². The Balaban J connectivity index is 1.53. The Labute approximate surface area is 120 Å². The van der Waals surface area contributed by atoms with Gasteiger partial charge in [-0.25, -0.2) is 0 Å². The van der Waals surface area contributed by atoms with Crippen LogP contribution in [0, 0.1) is 29.6 Å². The highest BCUT2D eigenvalue weighted by atomic mass is 32.1. The molecule has 19 heavy (non-hydrogen) atoms. The lowest BCUT2D eigenvalue weighted by Crippen LogP contribution is -2.53. The molecule has 104 valence electrons. The van der Waals surface area contributed by atoms with Crippen molar-refractivity contribution in [3.63, 3.8) is 0 Å². The largest absolute Gasteiger partial charge is 0.316 e. The summed E-state index contributed by atoms with van der Waals surface area (Å²) in [5.41, 5.74) is 1.54. The van der Waals surface area contributed by atoms with Gasteiger partial charge in [0.25, 0.3) is 0 Å². The Hall–Kier alpha value is -0.340. The van der Waals surface area contributed by atoms with Gasteiger partial charge in [-0.3, -0.25) is 0 Å². The molecular formula is C17H25NS. The maximum Gasteiger partial charge on any atom is 0.0138 e. The summed E-state index contributed by atoms with van der Waals surface area (Å²) in [6.45, 7) is 0. The lowest BCUT2D eigenvalue weighted by Gasteiger charge is -2.56. The minimum absolute atomic E-state index is 0.713. The Kier molecular flexibility index (Phi) is 3.19. The first-order chi connectivity index (χ1) is 9.33. The molecule has 0 saturated heterocycles. The summed E-state index contributed by atoms with van der Waals surface area (Å²) in [4.78, 5) is 0. The molecule has 1 heterocycles. The van der Waals surface area contributed by atoms with E-state index in [2.05, 4.69) is 29.2 Å². The number of rotatable bonds is 4. The van der Waals surface area contributed by atoms with Crippen molar-refractivity contribution in [2.75, 3.05) is 7.05 Å². The average Bonchev–Trinajstić information content (AvgIpc) is 2.89. The number of thiophene rings is 1. The van der Waals surface area contributed by atoms with Crippen molar-refractivity contribution < 1.29 is 0 Å². The minimum atomic E-state index is 0.713. The van der Waals surface area contributed by atoms with Crippen molar-refractivity contribution in [3.8, 4) is 0 Å². The van der Waals surface area contributed by atoms with Gasteiger partial charge in [0.1, 0.15) is 0 Å². The van der Waals surface area contributed by atoms with Crippen LogP contribution in [0.3, 0.4) is 0 Å². The second-order valence-corrected chi connectivity index (χ2v) is 8.02. The minimum Gasteiger partial charge on any atom is -0.316 e. The molecule has 1 aromatic heterocycles. The predicted octanol–water partition coefficient (Wildman–Crippen LogP) is 3.95. The van der Waals surface area contributed by atoms with Crippen LogP contribution in [0.25, 0.3) is 0 Å². The zero-order chi connectivity index (χ0) is 12.8. The van der Waals surface area contributed by atoms with Crippen LogP contribution in [0.4, 0.5) is 0 Å². The van der Waals surface area contributed by atoms with Crippen LogP contribution in [0.2, 0.25) is 0 Å². The standard InChI is InChI=1S/C17H25NS/c1-18-16(9-11-2-3-19-10-11)17-14-5-12-4-13(7-14)8-15(17)6-12/h2-3,10,12-18H,4-9H2,1H3. The van der Waals surface area contributed by atoms with Crippen molar-refractivity contribution in [1.82, 2.24) is 5.32 Å². The molecule has 0 spiro atoms. The van der Waals surface area contributed by atoms with E-state index in [-0.39, 0.29) is 0 Å². The van der Waals surface area contributed by atoms with Gasteiger partial charge in [-0.2, -0.15) is 11.3 Å². The summed E-state index contributed by atoms with van der Waals surface area (Å²) in [5, 5.41) is 8.23. The van der Waals surface area contributed by atoms with Crippen molar-refractivity contribution >= 4 is 11.3 Å². The summed E-state index contributed by atoms with van der Waals surface area (Å²) in [6, 6.07) is 3.02. The van der Waals surface area contributed by atoms with Gasteiger partial charge in [0.05, 0.1) is 0 Å². The highest BCUT2D eigenvalue weighted by Crippen LogP contribution is 2.57. The number of nitrogens with one attached hydrogen (secondary N) is 1. The van der Waals surface area contributed by atoms with E-state index in [9.17, 15) is 0 Å². The van der Waals surface area contributed by atoms with Crippen LogP contribution >= 0.6 is 11.3 Å². The lowest BCUT2D eigenvalue weighted by atomic mass is 9.50. The fourth-order valence-corrected chi connectivity index (χ4v) is 6.40. The monoisotopic (exact) mass is 275 g/mol. The first kappa shape index (κ1) is 12.4. The smallest absolute Gasteiger partial charge is 0.0138 e. The maximum absolute atomic E-state index is 3.67. The Morgan fingerprint density at radius 3 is 2.37 bits per heavy atom. The van der Waals surface area contributed by atoms with Crippen LogP contribution in [0.5, 0.6) is 0 Å². The van der Waals surface area contributed by atoms with Gasteiger partial charge < -0.3 is 5.32 Å². The van der Waals surface area contributed by atoms with Crippen molar-refractivity contribution in [2.45, 2.75) is 44.6 Å². The third kappa shape index (κ3) is 2.17. The fraction of sp³-hybridized carbons (Fsp3) is 0.765. The summed E-state index contributed by atoms with van der Waals surface area (Å²) in [6.07, 6.45) is 8.97. The van der Waals surface area contributed by atoms with Gasteiger partial charge in [0, 0.05) is 6.04 Å². The Morgan fingerprint density at radius 2 is 1.84 bits per heavy atom. The zero-order valence-electron chi connectivity index (χ0n) is 11.8. The Morgan fingerprint density at radius 1 is 1.16 bits per heavy atom. The van der Waals surface area contributed by atoms with E-state index in [1.165, 1.54) is 12.0 Å². The van der Waals surface area contributed by atoms with E-state index >= 15 is 0 Å². The summed E-state index contributed by atoms with van der Waals surface area (Å²) in [5.74, 6) is 5.21. The van der Waals surface area contributed by atoms with Crippen molar-refractivity contribution in [2.24, 2.45) is 29.6 Å². The third-order valence-corrected chi connectivity index (χ3v) is 6.90. The molecule has 4 aliphatic carbocycles. The van der Waals surface area contributed by atoms with Gasteiger partial charge in [-0.05, 0) is 97.6 Å². The second kappa shape index (κ2) is 4.89. The molecule has 0 aliphatic heterocycles. The summed E-state index contributed by atoms with van der Waals surface area (Å²) < 4.78 is 0. The maximum atomic E-state index is 3.67. The molecule has 4 saturated carbocycles. The molecule has 2 heteroatoms. The number of likely N-dealkylation sites (N-methyl/N-ethyl adjacent to an activating group) is 1.